The lowest BCUT2D eigenvalue weighted by atomic mass is 9.97. The highest BCUT2D eigenvalue weighted by Gasteiger charge is 2.41. The van der Waals surface area contributed by atoms with Crippen LogP contribution in [0.2, 0.25) is 0 Å². The van der Waals surface area contributed by atoms with E-state index in [1.54, 1.807) is 4.90 Å². The van der Waals surface area contributed by atoms with Gasteiger partial charge in [0.2, 0.25) is 0 Å². The van der Waals surface area contributed by atoms with Gasteiger partial charge in [-0.25, -0.2) is 0 Å². The first kappa shape index (κ1) is 24.1. The molecule has 0 aliphatic carbocycles. The third-order valence-electron chi connectivity index (χ3n) is 7.89. The Morgan fingerprint density at radius 3 is 2.17 bits per heavy atom. The number of hydrogen-bond donors (Lipinski definition) is 1. The Hall–Kier alpha value is -2.30. The molecule has 2 heterocycles. The Labute approximate surface area is 220 Å². The Kier molecular flexibility index (Phi) is 7.08. The second-order valence-corrected chi connectivity index (χ2v) is 14.6. The molecule has 0 amide bonds. The zero-order valence-electron chi connectivity index (χ0n) is 21.1. The number of phenolic OH excluding ortho intramolecular Hbond substituents is 1. The molecule has 2 saturated heterocycles. The molecule has 3 atom stereocenters. The molecule has 2 nitrogen and oxygen atoms in total. The molecule has 186 valence electrons. The molecule has 3 unspecified atom stereocenters. The third-order valence-corrected chi connectivity index (χ3v) is 13.0. The molecular weight excluding hydrogens is 480 g/mol. The van der Waals surface area contributed by atoms with E-state index >= 15 is 0 Å². The molecule has 4 aromatic carbocycles. The molecule has 0 bridgehead atoms. The van der Waals surface area contributed by atoms with Gasteiger partial charge < -0.3 is 9.84 Å². The molecule has 2 aliphatic rings. The van der Waals surface area contributed by atoms with E-state index in [1.165, 1.54) is 63.3 Å². The monoisotopic (exact) mass is 516 g/mol. The van der Waals surface area contributed by atoms with Gasteiger partial charge in [-0.05, 0) is 55.7 Å². The second-order valence-electron chi connectivity index (χ2n) is 10.2. The molecule has 4 heteroatoms. The number of fused-ring (bicyclic) bond motifs is 2. The Bertz CT molecular complexity index is 1360. The Balaban J connectivity index is 1.26. The lowest BCUT2D eigenvalue weighted by Crippen LogP contribution is -2.28. The summed E-state index contributed by atoms with van der Waals surface area (Å²) in [5.41, 5.74) is 0. The molecule has 0 spiro atoms. The summed E-state index contributed by atoms with van der Waals surface area (Å²) in [6, 6.07) is 25.9. The van der Waals surface area contributed by atoms with E-state index in [2.05, 4.69) is 61.5 Å². The van der Waals surface area contributed by atoms with E-state index in [0.29, 0.717) is 22.6 Å². The minimum absolute atomic E-state index is 0.192. The number of rotatable bonds is 7. The summed E-state index contributed by atoms with van der Waals surface area (Å²) in [6.07, 6.45) is 6.43. The minimum Gasteiger partial charge on any atom is -0.507 e. The quantitative estimate of drug-likeness (QED) is 0.255. The molecule has 2 fully saturated rings. The van der Waals surface area contributed by atoms with Crippen LogP contribution in [0.5, 0.6) is 11.5 Å². The van der Waals surface area contributed by atoms with Gasteiger partial charge in [0.25, 0.3) is 0 Å². The van der Waals surface area contributed by atoms with Crippen LogP contribution in [0.4, 0.5) is 0 Å². The van der Waals surface area contributed by atoms with Crippen molar-refractivity contribution in [2.75, 3.05) is 23.0 Å². The van der Waals surface area contributed by atoms with E-state index in [-0.39, 0.29) is 17.0 Å². The van der Waals surface area contributed by atoms with Crippen molar-refractivity contribution in [3.8, 4) is 11.5 Å². The predicted octanol–water partition coefficient (Wildman–Crippen LogP) is 7.71. The average Bonchev–Trinajstić information content (AvgIpc) is 3.62. The third kappa shape index (κ3) is 4.59. The van der Waals surface area contributed by atoms with Crippen molar-refractivity contribution in [1.82, 2.24) is 0 Å². The number of phenols is 1. The zero-order valence-corrected chi connectivity index (χ0v) is 22.8. The van der Waals surface area contributed by atoms with E-state index in [9.17, 15) is 5.11 Å². The first-order valence-electron chi connectivity index (χ1n) is 13.5. The van der Waals surface area contributed by atoms with Crippen molar-refractivity contribution < 1.29 is 9.84 Å². The van der Waals surface area contributed by atoms with Gasteiger partial charge in [0, 0.05) is 55.7 Å². The predicted molar refractivity (Wildman–Crippen MR) is 157 cm³/mol. The first-order valence-corrected chi connectivity index (χ1v) is 16.6. The lowest BCUT2D eigenvalue weighted by Gasteiger charge is -2.24. The topological polar surface area (TPSA) is 29.5 Å². The highest BCUT2D eigenvalue weighted by atomic mass is 32.2. The molecule has 4 aromatic rings. The van der Waals surface area contributed by atoms with E-state index < -0.39 is 0 Å². The van der Waals surface area contributed by atoms with Gasteiger partial charge >= 0.3 is 0 Å². The smallest absolute Gasteiger partial charge is 0.162 e. The van der Waals surface area contributed by atoms with Crippen LogP contribution < -0.4 is 4.74 Å². The molecule has 0 aromatic heterocycles. The normalized spacial score (nSPS) is 21.4. The average molecular weight is 517 g/mol. The highest BCUT2D eigenvalue weighted by Crippen LogP contribution is 2.40. The van der Waals surface area contributed by atoms with Crippen LogP contribution in [-0.4, -0.2) is 34.2 Å². The van der Waals surface area contributed by atoms with Gasteiger partial charge in [0.1, 0.15) is 40.6 Å². The fourth-order valence-corrected chi connectivity index (χ4v) is 11.3. The summed E-state index contributed by atoms with van der Waals surface area (Å²) >= 11 is 0. The van der Waals surface area contributed by atoms with Crippen molar-refractivity contribution in [3.05, 3.63) is 72.8 Å². The van der Waals surface area contributed by atoms with Crippen molar-refractivity contribution in [2.24, 2.45) is 5.92 Å². The van der Waals surface area contributed by atoms with Gasteiger partial charge in [0.05, 0.1) is 0 Å². The zero-order chi connectivity index (χ0) is 24.5. The van der Waals surface area contributed by atoms with Gasteiger partial charge in [-0.2, -0.15) is 0 Å². The van der Waals surface area contributed by atoms with E-state index in [4.69, 9.17) is 4.74 Å². The maximum atomic E-state index is 10.4. The van der Waals surface area contributed by atoms with Gasteiger partial charge in [-0.15, -0.1) is 0 Å². The molecule has 0 radical (unpaired) electrons. The number of ether oxygens (including phenoxy) is 1. The first-order chi connectivity index (χ1) is 17.7. The van der Waals surface area contributed by atoms with Crippen LogP contribution in [0.25, 0.3) is 21.5 Å². The number of aromatic hydroxyl groups is 1. The molecule has 6 rings (SSSR count). The maximum absolute atomic E-state index is 10.4. The van der Waals surface area contributed by atoms with Crippen LogP contribution >= 0.6 is 0 Å². The second kappa shape index (κ2) is 10.6. The van der Waals surface area contributed by atoms with E-state index in [0.717, 1.165) is 24.0 Å². The van der Waals surface area contributed by atoms with Gasteiger partial charge in [-0.1, -0.05) is 49.7 Å². The fourth-order valence-electron chi connectivity index (χ4n) is 6.03. The molecule has 36 heavy (non-hydrogen) atoms. The van der Waals surface area contributed by atoms with Crippen LogP contribution in [0.15, 0.2) is 82.6 Å². The summed E-state index contributed by atoms with van der Waals surface area (Å²) in [7, 11) is 0.588. The van der Waals surface area contributed by atoms with Crippen molar-refractivity contribution >= 4 is 43.3 Å². The van der Waals surface area contributed by atoms with Crippen molar-refractivity contribution in [1.29, 1.82) is 0 Å². The van der Waals surface area contributed by atoms with Gasteiger partial charge in [-0.3, -0.25) is 0 Å². The van der Waals surface area contributed by atoms with Crippen LogP contribution in [0.3, 0.4) is 0 Å². The lowest BCUT2D eigenvalue weighted by molar-refractivity contribution is 0.137. The minimum atomic E-state index is 0.192. The van der Waals surface area contributed by atoms with Crippen molar-refractivity contribution in [2.45, 2.75) is 54.9 Å². The summed E-state index contributed by atoms with van der Waals surface area (Å²) in [6.45, 7) is 2.28. The van der Waals surface area contributed by atoms with E-state index in [1.807, 2.05) is 18.2 Å². The summed E-state index contributed by atoms with van der Waals surface area (Å²) in [5, 5.41) is 15.2. The standard InChI is InChI=1S/C32H35O2S2/c1-2-9-29(23-18-21-36(22-23)32-16-14-28(33)24-10-3-5-12-26(24)32)34-30-15-17-31(35-19-7-8-20-35)27-13-6-4-11-25(27)30/h3-6,10-17,23,29H,2,7-9,18-22H2,1H3/q+1/p+1. The van der Waals surface area contributed by atoms with Crippen LogP contribution in [0, 0.1) is 5.92 Å². The number of benzene rings is 4. The number of hydrogen-bond acceptors (Lipinski definition) is 2. The molecular formula is C32H36O2S2+2. The van der Waals surface area contributed by atoms with Crippen LogP contribution in [-0.2, 0) is 21.8 Å². The molecule has 2 aliphatic heterocycles. The van der Waals surface area contributed by atoms with Crippen LogP contribution in [0.1, 0.15) is 39.0 Å². The fraction of sp³-hybridized carbons (Fsp3) is 0.375. The van der Waals surface area contributed by atoms with Gasteiger partial charge in [0.15, 0.2) is 9.79 Å². The van der Waals surface area contributed by atoms with Crippen molar-refractivity contribution in [3.63, 3.8) is 0 Å². The maximum Gasteiger partial charge on any atom is 0.162 e. The summed E-state index contributed by atoms with van der Waals surface area (Å²) in [4.78, 5) is 2.96. The SMILES string of the molecule is CCCC(Oc1ccc([S+]2CCCC2)c2ccccc12)C1CC[S+](c2ccc(O)c3ccccc23)C1. The summed E-state index contributed by atoms with van der Waals surface area (Å²) in [5.74, 6) is 7.10. The highest BCUT2D eigenvalue weighted by molar-refractivity contribution is 7.97. The Morgan fingerprint density at radius 2 is 1.42 bits per heavy atom. The molecule has 1 N–H and O–H groups in total. The molecule has 0 saturated carbocycles. The largest absolute Gasteiger partial charge is 0.507 e. The Morgan fingerprint density at radius 1 is 0.778 bits per heavy atom. The summed E-state index contributed by atoms with van der Waals surface area (Å²) < 4.78 is 6.93.